The Kier molecular flexibility index (Phi) is 4.64. The number of rotatable bonds is 6. The Morgan fingerprint density at radius 2 is 2.05 bits per heavy atom. The highest BCUT2D eigenvalue weighted by atomic mass is 16.5. The van der Waals surface area contributed by atoms with Crippen molar-refractivity contribution in [2.24, 2.45) is 0 Å². The molecular weight excluding hydrogens is 234 g/mol. The molecule has 0 radical (unpaired) electrons. The predicted octanol–water partition coefficient (Wildman–Crippen LogP) is 3.51. The van der Waals surface area contributed by atoms with E-state index in [-0.39, 0.29) is 5.60 Å². The van der Waals surface area contributed by atoms with Crippen LogP contribution in [-0.2, 0) is 11.2 Å². The third-order valence-electron chi connectivity index (χ3n) is 3.74. The summed E-state index contributed by atoms with van der Waals surface area (Å²) >= 11 is 0. The van der Waals surface area contributed by atoms with E-state index in [2.05, 4.69) is 57.3 Å². The molecule has 106 valence electrons. The Labute approximate surface area is 117 Å². The number of fused-ring (bicyclic) bond motifs is 1. The molecule has 2 atom stereocenters. The van der Waals surface area contributed by atoms with Crippen molar-refractivity contribution in [2.75, 3.05) is 13.2 Å². The van der Waals surface area contributed by atoms with Gasteiger partial charge in [0.25, 0.3) is 0 Å². The Balaban J connectivity index is 1.88. The molecule has 2 rings (SSSR count). The molecule has 0 amide bonds. The van der Waals surface area contributed by atoms with Gasteiger partial charge < -0.3 is 10.1 Å². The summed E-state index contributed by atoms with van der Waals surface area (Å²) in [5.74, 6) is 0.712. The largest absolute Gasteiger partial charge is 0.374 e. The molecular formula is C17H27NO. The average molecular weight is 261 g/mol. The van der Waals surface area contributed by atoms with Crippen LogP contribution < -0.4 is 5.32 Å². The second kappa shape index (κ2) is 6.06. The van der Waals surface area contributed by atoms with E-state index in [9.17, 15) is 0 Å². The molecule has 1 aliphatic rings. The molecule has 0 fully saturated rings. The van der Waals surface area contributed by atoms with Gasteiger partial charge in [0.1, 0.15) is 0 Å². The van der Waals surface area contributed by atoms with E-state index in [1.165, 1.54) is 18.4 Å². The SMILES string of the molecule is CCNC(COC(C)(C)C)CC1Cc2ccccc21. The van der Waals surface area contributed by atoms with Crippen LogP contribution in [0.15, 0.2) is 24.3 Å². The van der Waals surface area contributed by atoms with Crippen LogP contribution >= 0.6 is 0 Å². The molecule has 19 heavy (non-hydrogen) atoms. The standard InChI is InChI=1S/C17H27NO/c1-5-18-15(12-19-17(2,3)4)11-14-10-13-8-6-7-9-16(13)14/h6-9,14-15,18H,5,10-12H2,1-4H3. The van der Waals surface area contributed by atoms with Crippen molar-refractivity contribution in [1.82, 2.24) is 5.32 Å². The molecule has 1 N–H and O–H groups in total. The highest BCUT2D eigenvalue weighted by Gasteiger charge is 2.28. The molecule has 1 aromatic rings. The van der Waals surface area contributed by atoms with E-state index in [1.54, 1.807) is 5.56 Å². The van der Waals surface area contributed by atoms with Crippen molar-refractivity contribution >= 4 is 0 Å². The summed E-state index contributed by atoms with van der Waals surface area (Å²) in [4.78, 5) is 0. The number of nitrogens with one attached hydrogen (secondary N) is 1. The lowest BCUT2D eigenvalue weighted by atomic mass is 9.74. The summed E-state index contributed by atoms with van der Waals surface area (Å²) in [6, 6.07) is 9.28. The summed E-state index contributed by atoms with van der Waals surface area (Å²) in [7, 11) is 0. The second-order valence-corrected chi connectivity index (χ2v) is 6.51. The van der Waals surface area contributed by atoms with Crippen LogP contribution in [0.25, 0.3) is 0 Å². The fourth-order valence-electron chi connectivity index (χ4n) is 2.77. The number of hydrogen-bond donors (Lipinski definition) is 1. The minimum Gasteiger partial charge on any atom is -0.374 e. The van der Waals surface area contributed by atoms with Crippen molar-refractivity contribution in [3.63, 3.8) is 0 Å². The smallest absolute Gasteiger partial charge is 0.0626 e. The molecule has 0 aliphatic heterocycles. The Morgan fingerprint density at radius 1 is 1.32 bits per heavy atom. The molecule has 1 aromatic carbocycles. The van der Waals surface area contributed by atoms with Crippen molar-refractivity contribution in [1.29, 1.82) is 0 Å². The van der Waals surface area contributed by atoms with Crippen LogP contribution in [0.4, 0.5) is 0 Å². The maximum absolute atomic E-state index is 5.94. The summed E-state index contributed by atoms with van der Waals surface area (Å²) < 4.78 is 5.94. The maximum atomic E-state index is 5.94. The van der Waals surface area contributed by atoms with E-state index in [0.29, 0.717) is 12.0 Å². The van der Waals surface area contributed by atoms with Crippen LogP contribution in [0, 0.1) is 0 Å². The third kappa shape index (κ3) is 4.05. The Hall–Kier alpha value is -0.860. The van der Waals surface area contributed by atoms with Crippen molar-refractivity contribution in [2.45, 2.75) is 58.1 Å². The van der Waals surface area contributed by atoms with Crippen LogP contribution in [0.3, 0.4) is 0 Å². The number of hydrogen-bond acceptors (Lipinski definition) is 2. The molecule has 2 nitrogen and oxygen atoms in total. The lowest BCUT2D eigenvalue weighted by Gasteiger charge is -2.34. The lowest BCUT2D eigenvalue weighted by Crippen LogP contribution is -2.39. The molecule has 1 aliphatic carbocycles. The summed E-state index contributed by atoms with van der Waals surface area (Å²) in [5, 5.41) is 3.56. The van der Waals surface area contributed by atoms with Gasteiger partial charge in [-0.05, 0) is 57.2 Å². The van der Waals surface area contributed by atoms with E-state index in [1.807, 2.05) is 0 Å². The highest BCUT2D eigenvalue weighted by molar-refractivity contribution is 5.39. The minimum atomic E-state index is -0.0504. The monoisotopic (exact) mass is 261 g/mol. The molecule has 2 heteroatoms. The van der Waals surface area contributed by atoms with E-state index < -0.39 is 0 Å². The van der Waals surface area contributed by atoms with Gasteiger partial charge in [0, 0.05) is 6.04 Å². The quantitative estimate of drug-likeness (QED) is 0.846. The fraction of sp³-hybridized carbons (Fsp3) is 0.647. The second-order valence-electron chi connectivity index (χ2n) is 6.51. The van der Waals surface area contributed by atoms with E-state index in [0.717, 1.165) is 13.2 Å². The Bertz CT molecular complexity index is 408. The van der Waals surface area contributed by atoms with Gasteiger partial charge in [-0.2, -0.15) is 0 Å². The zero-order valence-corrected chi connectivity index (χ0v) is 12.7. The summed E-state index contributed by atoms with van der Waals surface area (Å²) in [6.07, 6.45) is 2.41. The number of benzene rings is 1. The number of likely N-dealkylation sites (N-methyl/N-ethyl adjacent to an activating group) is 1. The molecule has 0 saturated carbocycles. The van der Waals surface area contributed by atoms with Gasteiger partial charge in [0.05, 0.1) is 12.2 Å². The molecule has 2 unspecified atom stereocenters. The van der Waals surface area contributed by atoms with Crippen molar-refractivity contribution < 1.29 is 4.74 Å². The van der Waals surface area contributed by atoms with Gasteiger partial charge in [-0.25, -0.2) is 0 Å². The van der Waals surface area contributed by atoms with Gasteiger partial charge in [-0.3, -0.25) is 0 Å². The normalized spacial score (nSPS) is 19.7. The lowest BCUT2D eigenvalue weighted by molar-refractivity contribution is -0.0162. The number of ether oxygens (including phenoxy) is 1. The van der Waals surface area contributed by atoms with Crippen LogP contribution in [0.1, 0.15) is 51.2 Å². The van der Waals surface area contributed by atoms with Gasteiger partial charge >= 0.3 is 0 Å². The molecule has 0 aromatic heterocycles. The minimum absolute atomic E-state index is 0.0504. The highest BCUT2D eigenvalue weighted by Crippen LogP contribution is 2.38. The van der Waals surface area contributed by atoms with Gasteiger partial charge in [0.15, 0.2) is 0 Å². The van der Waals surface area contributed by atoms with E-state index in [4.69, 9.17) is 4.74 Å². The molecule has 0 spiro atoms. The topological polar surface area (TPSA) is 21.3 Å². The van der Waals surface area contributed by atoms with E-state index >= 15 is 0 Å². The summed E-state index contributed by atoms with van der Waals surface area (Å²) in [5.41, 5.74) is 3.02. The average Bonchev–Trinajstić information content (AvgIpc) is 2.32. The first-order valence-corrected chi connectivity index (χ1v) is 7.44. The first-order chi connectivity index (χ1) is 8.99. The van der Waals surface area contributed by atoms with Gasteiger partial charge in [-0.1, -0.05) is 31.2 Å². The molecule has 0 heterocycles. The first kappa shape index (κ1) is 14.5. The maximum Gasteiger partial charge on any atom is 0.0626 e. The van der Waals surface area contributed by atoms with Crippen molar-refractivity contribution in [3.8, 4) is 0 Å². The molecule has 0 bridgehead atoms. The first-order valence-electron chi connectivity index (χ1n) is 7.44. The predicted molar refractivity (Wildman–Crippen MR) is 80.7 cm³/mol. The molecule has 0 saturated heterocycles. The summed E-state index contributed by atoms with van der Waals surface area (Å²) in [6.45, 7) is 10.3. The van der Waals surface area contributed by atoms with Crippen LogP contribution in [-0.4, -0.2) is 24.8 Å². The fourth-order valence-corrected chi connectivity index (χ4v) is 2.77. The van der Waals surface area contributed by atoms with Gasteiger partial charge in [0.2, 0.25) is 0 Å². The Morgan fingerprint density at radius 3 is 2.68 bits per heavy atom. The van der Waals surface area contributed by atoms with Crippen LogP contribution in [0.5, 0.6) is 0 Å². The van der Waals surface area contributed by atoms with Crippen molar-refractivity contribution in [3.05, 3.63) is 35.4 Å². The van der Waals surface area contributed by atoms with Crippen LogP contribution in [0.2, 0.25) is 0 Å². The van der Waals surface area contributed by atoms with Gasteiger partial charge in [-0.15, -0.1) is 0 Å². The zero-order chi connectivity index (χ0) is 13.9. The third-order valence-corrected chi connectivity index (χ3v) is 3.74. The zero-order valence-electron chi connectivity index (χ0n) is 12.7.